The summed E-state index contributed by atoms with van der Waals surface area (Å²) in [5.41, 5.74) is 1.05. The molecule has 2 fully saturated rings. The topological polar surface area (TPSA) is 68.1 Å². The highest BCUT2D eigenvalue weighted by Crippen LogP contribution is 2.39. The maximum atomic E-state index is 12.6. The molecule has 0 N–H and O–H groups in total. The molecule has 1 aromatic carbocycles. The van der Waals surface area contributed by atoms with Gasteiger partial charge in [-0.1, -0.05) is 23.4 Å². The highest BCUT2D eigenvalue weighted by atomic mass is 32.2. The van der Waals surface area contributed by atoms with Crippen molar-refractivity contribution in [3.63, 3.8) is 0 Å². The fourth-order valence-corrected chi connectivity index (χ4v) is 4.43. The lowest BCUT2D eigenvalue weighted by molar-refractivity contribution is 0.428. The molecule has 22 heavy (non-hydrogen) atoms. The van der Waals surface area contributed by atoms with E-state index in [1.165, 1.54) is 12.8 Å². The van der Waals surface area contributed by atoms with Gasteiger partial charge in [0.05, 0.1) is 16.6 Å². The Morgan fingerprint density at radius 2 is 1.86 bits per heavy atom. The summed E-state index contributed by atoms with van der Waals surface area (Å²) in [5.74, 6) is 0.569. The first-order valence-corrected chi connectivity index (χ1v) is 9.05. The zero-order valence-electron chi connectivity index (χ0n) is 12.2. The summed E-state index contributed by atoms with van der Waals surface area (Å²) in [6, 6.07) is 8.69. The molecular weight excluding hydrogens is 300 g/mol. The summed E-state index contributed by atoms with van der Waals surface area (Å²) in [5, 5.41) is 8.41. The second kappa shape index (κ2) is 5.17. The van der Waals surface area contributed by atoms with Gasteiger partial charge in [0, 0.05) is 25.2 Å². The van der Waals surface area contributed by atoms with Gasteiger partial charge in [0.15, 0.2) is 0 Å². The van der Waals surface area contributed by atoms with Crippen LogP contribution in [-0.2, 0) is 10.0 Å². The number of hydrogen-bond donors (Lipinski definition) is 0. The number of nitrogens with zero attached hydrogens (tertiary/aromatic N) is 4. The molecule has 1 saturated carbocycles. The maximum Gasteiger partial charge on any atom is 0.243 e. The van der Waals surface area contributed by atoms with Crippen LogP contribution in [-0.4, -0.2) is 40.8 Å². The van der Waals surface area contributed by atoms with E-state index in [9.17, 15) is 8.42 Å². The van der Waals surface area contributed by atoms with Gasteiger partial charge < -0.3 is 0 Å². The molecule has 0 radical (unpaired) electrons. The minimum absolute atomic E-state index is 0.0819. The van der Waals surface area contributed by atoms with Gasteiger partial charge in [-0.2, -0.15) is 4.31 Å². The summed E-state index contributed by atoms with van der Waals surface area (Å²) < 4.78 is 28.6. The lowest BCUT2D eigenvalue weighted by atomic mass is 10.2. The van der Waals surface area contributed by atoms with Crippen LogP contribution in [0.4, 0.5) is 0 Å². The van der Waals surface area contributed by atoms with Crippen molar-refractivity contribution in [2.45, 2.75) is 36.1 Å². The summed E-state index contributed by atoms with van der Waals surface area (Å²) in [6.07, 6.45) is 5.15. The number of aromatic nitrogens is 3. The van der Waals surface area contributed by atoms with Crippen LogP contribution in [0.3, 0.4) is 0 Å². The van der Waals surface area contributed by atoms with Gasteiger partial charge in [0.2, 0.25) is 10.0 Å². The van der Waals surface area contributed by atoms with Crippen LogP contribution in [0, 0.1) is 0 Å². The largest absolute Gasteiger partial charge is 0.248 e. The van der Waals surface area contributed by atoms with Gasteiger partial charge in [-0.25, -0.2) is 13.1 Å². The minimum atomic E-state index is -3.40. The van der Waals surface area contributed by atoms with Crippen molar-refractivity contribution in [2.24, 2.45) is 0 Å². The number of sulfonamides is 1. The number of benzene rings is 1. The average molecular weight is 318 g/mol. The Morgan fingerprint density at radius 1 is 1.09 bits per heavy atom. The van der Waals surface area contributed by atoms with Crippen LogP contribution in [0.15, 0.2) is 41.4 Å². The molecule has 2 aromatic rings. The molecule has 7 heteroatoms. The average Bonchev–Trinajstić information content (AvgIpc) is 3.06. The van der Waals surface area contributed by atoms with E-state index in [4.69, 9.17) is 0 Å². The normalized spacial score (nSPS) is 23.0. The molecule has 116 valence electrons. The fourth-order valence-electron chi connectivity index (χ4n) is 2.92. The van der Waals surface area contributed by atoms with Crippen molar-refractivity contribution in [1.29, 1.82) is 0 Å². The smallest absolute Gasteiger partial charge is 0.243 e. The lowest BCUT2D eigenvalue weighted by Gasteiger charge is -2.16. The molecule has 1 aliphatic heterocycles. The molecule has 2 heterocycles. The molecule has 1 atom stereocenters. The molecule has 1 aromatic heterocycles. The zero-order chi connectivity index (χ0) is 15.2. The summed E-state index contributed by atoms with van der Waals surface area (Å²) >= 11 is 0. The third-order valence-electron chi connectivity index (χ3n) is 4.40. The molecule has 0 amide bonds. The molecule has 1 unspecified atom stereocenters. The Bertz CT molecular complexity index is 768. The zero-order valence-corrected chi connectivity index (χ0v) is 13.0. The monoisotopic (exact) mass is 318 g/mol. The third-order valence-corrected chi connectivity index (χ3v) is 6.28. The van der Waals surface area contributed by atoms with Crippen molar-refractivity contribution in [3.05, 3.63) is 42.2 Å². The van der Waals surface area contributed by atoms with Crippen LogP contribution in [0.1, 0.15) is 36.9 Å². The van der Waals surface area contributed by atoms with E-state index in [1.54, 1.807) is 28.6 Å². The first kappa shape index (κ1) is 13.9. The van der Waals surface area contributed by atoms with Crippen molar-refractivity contribution >= 4 is 10.0 Å². The first-order chi connectivity index (χ1) is 10.6. The van der Waals surface area contributed by atoms with Crippen LogP contribution < -0.4 is 0 Å². The quantitative estimate of drug-likeness (QED) is 0.862. The Kier molecular flexibility index (Phi) is 3.27. The third kappa shape index (κ3) is 2.44. The predicted molar refractivity (Wildman–Crippen MR) is 80.9 cm³/mol. The maximum absolute atomic E-state index is 12.6. The van der Waals surface area contributed by atoms with Gasteiger partial charge >= 0.3 is 0 Å². The van der Waals surface area contributed by atoms with Crippen LogP contribution in [0.2, 0.25) is 0 Å². The van der Waals surface area contributed by atoms with Crippen LogP contribution >= 0.6 is 0 Å². The van der Waals surface area contributed by atoms with E-state index >= 15 is 0 Å². The molecule has 2 aliphatic rings. The van der Waals surface area contributed by atoms with Crippen LogP contribution in [0.25, 0.3) is 0 Å². The fraction of sp³-hybridized carbons (Fsp3) is 0.467. The summed E-state index contributed by atoms with van der Waals surface area (Å²) in [4.78, 5) is 0.355. The van der Waals surface area contributed by atoms with Gasteiger partial charge in [0.25, 0.3) is 0 Å². The van der Waals surface area contributed by atoms with Crippen LogP contribution in [0.5, 0.6) is 0 Å². The van der Waals surface area contributed by atoms with Gasteiger partial charge in [-0.05, 0) is 31.4 Å². The number of rotatable bonds is 4. The van der Waals surface area contributed by atoms with E-state index < -0.39 is 10.0 Å². The number of hydrogen-bond acceptors (Lipinski definition) is 4. The Labute approximate surface area is 129 Å². The molecule has 1 saturated heterocycles. The Morgan fingerprint density at radius 3 is 2.59 bits per heavy atom. The van der Waals surface area contributed by atoms with E-state index in [1.807, 2.05) is 16.9 Å². The van der Waals surface area contributed by atoms with Crippen molar-refractivity contribution in [2.75, 3.05) is 13.1 Å². The molecule has 4 rings (SSSR count). The molecular formula is C15H18N4O2S. The van der Waals surface area contributed by atoms with Gasteiger partial charge in [0.1, 0.15) is 0 Å². The summed E-state index contributed by atoms with van der Waals surface area (Å²) in [6.45, 7) is 0.991. The highest BCUT2D eigenvalue weighted by Gasteiger charge is 2.34. The van der Waals surface area contributed by atoms with E-state index in [-0.39, 0.29) is 6.04 Å². The van der Waals surface area contributed by atoms with E-state index in [0.717, 1.165) is 12.1 Å². The second-order valence-corrected chi connectivity index (χ2v) is 7.95. The second-order valence-electron chi connectivity index (χ2n) is 6.02. The SMILES string of the molecule is O=S(=O)(c1ccccc1)N1CCC(n2cc(C3CC3)nn2)C1. The lowest BCUT2D eigenvalue weighted by Crippen LogP contribution is -2.29. The molecule has 1 aliphatic carbocycles. The summed E-state index contributed by atoms with van der Waals surface area (Å²) in [7, 11) is -3.40. The standard InChI is InChI=1S/C15H18N4O2S/c20-22(21,14-4-2-1-3-5-14)18-9-8-13(10-18)19-11-15(16-17-19)12-6-7-12/h1-5,11-13H,6-10H2. The Balaban J connectivity index is 1.52. The predicted octanol–water partition coefficient (Wildman–Crippen LogP) is 1.79. The van der Waals surface area contributed by atoms with E-state index in [2.05, 4.69) is 10.3 Å². The minimum Gasteiger partial charge on any atom is -0.248 e. The molecule has 0 spiro atoms. The highest BCUT2D eigenvalue weighted by molar-refractivity contribution is 7.89. The van der Waals surface area contributed by atoms with Crippen molar-refractivity contribution < 1.29 is 8.42 Å². The van der Waals surface area contributed by atoms with Crippen molar-refractivity contribution in [3.8, 4) is 0 Å². The molecule has 0 bridgehead atoms. The van der Waals surface area contributed by atoms with Gasteiger partial charge in [-0.15, -0.1) is 5.10 Å². The van der Waals surface area contributed by atoms with E-state index in [0.29, 0.717) is 23.9 Å². The van der Waals surface area contributed by atoms with Crippen molar-refractivity contribution in [1.82, 2.24) is 19.3 Å². The molecule has 6 nitrogen and oxygen atoms in total. The first-order valence-electron chi connectivity index (χ1n) is 7.61. The van der Waals surface area contributed by atoms with Gasteiger partial charge in [-0.3, -0.25) is 0 Å². The Hall–Kier alpha value is -1.73.